The summed E-state index contributed by atoms with van der Waals surface area (Å²) < 4.78 is 1.98. The van der Waals surface area contributed by atoms with Crippen LogP contribution in [0.25, 0.3) is 10.2 Å². The Hall–Kier alpha value is -2.13. The average molecular weight is 406 g/mol. The molecule has 1 atom stereocenters. The van der Waals surface area contributed by atoms with Gasteiger partial charge in [-0.25, -0.2) is 9.97 Å². The highest BCUT2D eigenvalue weighted by Gasteiger charge is 2.15. The number of nitrogens with zero attached hydrogens (tertiary/aromatic N) is 3. The Labute approximate surface area is 165 Å². The number of carbonyl (C=O) groups is 1. The molecule has 2 N–H and O–H groups in total. The zero-order valence-electron chi connectivity index (χ0n) is 15.6. The first-order valence-corrected chi connectivity index (χ1v) is 10.7. The quantitative estimate of drug-likeness (QED) is 0.562. The Balaban J connectivity index is 1.49. The molecule has 1 unspecified atom stereocenters. The lowest BCUT2D eigenvalue weighted by Crippen LogP contribution is -2.32. The lowest BCUT2D eigenvalue weighted by Gasteiger charge is -2.12. The average Bonchev–Trinajstić information content (AvgIpc) is 3.25. The summed E-state index contributed by atoms with van der Waals surface area (Å²) in [5.74, 6) is 1.10. The van der Waals surface area contributed by atoms with Gasteiger partial charge in [-0.2, -0.15) is 0 Å². The van der Waals surface area contributed by atoms with E-state index in [0.29, 0.717) is 23.5 Å². The van der Waals surface area contributed by atoms with Crippen LogP contribution in [0.4, 0.5) is 0 Å². The van der Waals surface area contributed by atoms with Crippen LogP contribution >= 0.6 is 23.1 Å². The molecular weight excluding hydrogens is 382 g/mol. The second kappa shape index (κ2) is 8.71. The maximum absolute atomic E-state index is 12.3. The van der Waals surface area contributed by atoms with E-state index in [4.69, 9.17) is 0 Å². The Bertz CT molecular complexity index is 978. The number of aromatic amines is 1. The van der Waals surface area contributed by atoms with E-state index < -0.39 is 0 Å². The SMILES string of the molecule is Cc1sc2nc(CSC(C)C(=O)NCCCn3ccnc3)[nH]c(=O)c2c1C. The smallest absolute Gasteiger partial charge is 0.259 e. The van der Waals surface area contributed by atoms with Gasteiger partial charge in [0.2, 0.25) is 5.91 Å². The van der Waals surface area contributed by atoms with Crippen molar-refractivity contribution in [2.24, 2.45) is 0 Å². The molecule has 0 saturated carbocycles. The largest absolute Gasteiger partial charge is 0.355 e. The summed E-state index contributed by atoms with van der Waals surface area (Å²) in [5, 5.41) is 3.41. The predicted octanol–water partition coefficient (Wildman–Crippen LogP) is 2.63. The van der Waals surface area contributed by atoms with E-state index in [1.807, 2.05) is 31.5 Å². The first-order valence-electron chi connectivity index (χ1n) is 8.79. The van der Waals surface area contributed by atoms with E-state index >= 15 is 0 Å². The van der Waals surface area contributed by atoms with Gasteiger partial charge in [0, 0.05) is 30.4 Å². The molecule has 27 heavy (non-hydrogen) atoms. The fraction of sp³-hybridized carbons (Fsp3) is 0.444. The van der Waals surface area contributed by atoms with Crippen molar-refractivity contribution in [1.29, 1.82) is 0 Å². The lowest BCUT2D eigenvalue weighted by atomic mass is 10.2. The van der Waals surface area contributed by atoms with Crippen molar-refractivity contribution >= 4 is 39.2 Å². The van der Waals surface area contributed by atoms with Crippen molar-refractivity contribution in [3.8, 4) is 0 Å². The zero-order valence-corrected chi connectivity index (χ0v) is 17.2. The third kappa shape index (κ3) is 4.78. The highest BCUT2D eigenvalue weighted by atomic mass is 32.2. The van der Waals surface area contributed by atoms with E-state index in [0.717, 1.165) is 28.2 Å². The number of thiophene rings is 1. The third-order valence-electron chi connectivity index (χ3n) is 4.38. The molecule has 0 bridgehead atoms. The van der Waals surface area contributed by atoms with E-state index in [1.165, 1.54) is 23.1 Å². The second-order valence-corrected chi connectivity index (χ2v) is 8.91. The molecule has 0 radical (unpaired) electrons. The Morgan fingerprint density at radius 1 is 1.44 bits per heavy atom. The van der Waals surface area contributed by atoms with Gasteiger partial charge < -0.3 is 14.9 Å². The molecule has 0 fully saturated rings. The van der Waals surface area contributed by atoms with Crippen molar-refractivity contribution < 1.29 is 4.79 Å². The number of carbonyl (C=O) groups excluding carboxylic acids is 1. The van der Waals surface area contributed by atoms with Gasteiger partial charge in [0.1, 0.15) is 10.7 Å². The molecule has 3 aromatic rings. The number of H-pyrrole nitrogens is 1. The van der Waals surface area contributed by atoms with Crippen molar-refractivity contribution in [3.05, 3.63) is 45.3 Å². The molecule has 0 aliphatic rings. The van der Waals surface area contributed by atoms with Crippen LogP contribution in [0.15, 0.2) is 23.5 Å². The molecule has 1 amide bonds. The van der Waals surface area contributed by atoms with Crippen LogP contribution in [-0.4, -0.2) is 37.2 Å². The number of nitrogens with one attached hydrogen (secondary N) is 2. The number of fused-ring (bicyclic) bond motifs is 1. The summed E-state index contributed by atoms with van der Waals surface area (Å²) in [5.41, 5.74) is 0.889. The van der Waals surface area contributed by atoms with E-state index in [9.17, 15) is 9.59 Å². The van der Waals surface area contributed by atoms with E-state index in [2.05, 4.69) is 20.3 Å². The van der Waals surface area contributed by atoms with Crippen LogP contribution in [0.3, 0.4) is 0 Å². The fourth-order valence-corrected chi connectivity index (χ4v) is 4.51. The highest BCUT2D eigenvalue weighted by molar-refractivity contribution is 7.99. The molecule has 7 nitrogen and oxygen atoms in total. The summed E-state index contributed by atoms with van der Waals surface area (Å²) in [6, 6.07) is 0. The van der Waals surface area contributed by atoms with Gasteiger partial charge in [0.25, 0.3) is 5.56 Å². The summed E-state index contributed by atoms with van der Waals surface area (Å²) in [6.45, 7) is 7.25. The lowest BCUT2D eigenvalue weighted by molar-refractivity contribution is -0.120. The second-order valence-electron chi connectivity index (χ2n) is 6.37. The monoisotopic (exact) mass is 405 g/mol. The molecule has 0 saturated heterocycles. The number of aromatic nitrogens is 4. The number of hydrogen-bond acceptors (Lipinski definition) is 6. The fourth-order valence-electron chi connectivity index (χ4n) is 2.68. The molecule has 0 aliphatic carbocycles. The van der Waals surface area contributed by atoms with Crippen LogP contribution < -0.4 is 10.9 Å². The molecule has 9 heteroatoms. The first-order chi connectivity index (χ1) is 13.0. The molecule has 3 aromatic heterocycles. The summed E-state index contributed by atoms with van der Waals surface area (Å²) in [7, 11) is 0. The maximum Gasteiger partial charge on any atom is 0.259 e. The van der Waals surface area contributed by atoms with Gasteiger partial charge in [-0.1, -0.05) is 0 Å². The number of aryl methyl sites for hydroxylation is 3. The Kier molecular flexibility index (Phi) is 6.33. The predicted molar refractivity (Wildman–Crippen MR) is 110 cm³/mol. The van der Waals surface area contributed by atoms with Crippen molar-refractivity contribution in [2.75, 3.05) is 6.54 Å². The van der Waals surface area contributed by atoms with Gasteiger partial charge in [-0.3, -0.25) is 9.59 Å². The standard InChI is InChI=1S/C18H23N5O2S2/c1-11-12(2)27-18-15(11)17(25)21-14(22-18)9-26-13(3)16(24)20-5-4-7-23-8-6-19-10-23/h6,8,10,13H,4-5,7,9H2,1-3H3,(H,20,24)(H,21,22,25). The summed E-state index contributed by atoms with van der Waals surface area (Å²) in [6.07, 6.45) is 6.26. The number of amides is 1. The molecule has 144 valence electrons. The molecule has 3 rings (SSSR count). The maximum atomic E-state index is 12.3. The van der Waals surface area contributed by atoms with Crippen LogP contribution in [0.1, 0.15) is 29.6 Å². The number of thioether (sulfide) groups is 1. The number of imidazole rings is 1. The Morgan fingerprint density at radius 3 is 3.00 bits per heavy atom. The highest BCUT2D eigenvalue weighted by Crippen LogP contribution is 2.26. The summed E-state index contributed by atoms with van der Waals surface area (Å²) in [4.78, 5) is 37.8. The van der Waals surface area contributed by atoms with Gasteiger partial charge in [-0.05, 0) is 32.8 Å². The van der Waals surface area contributed by atoms with Crippen molar-refractivity contribution in [3.63, 3.8) is 0 Å². The third-order valence-corrected chi connectivity index (χ3v) is 6.63. The van der Waals surface area contributed by atoms with Crippen LogP contribution in [-0.2, 0) is 17.1 Å². The van der Waals surface area contributed by atoms with E-state index in [1.54, 1.807) is 12.5 Å². The van der Waals surface area contributed by atoms with Crippen LogP contribution in [0.5, 0.6) is 0 Å². The zero-order chi connectivity index (χ0) is 19.4. The minimum atomic E-state index is -0.217. The minimum Gasteiger partial charge on any atom is -0.355 e. The minimum absolute atomic E-state index is 0.00290. The molecule has 0 aliphatic heterocycles. The van der Waals surface area contributed by atoms with Crippen LogP contribution in [0.2, 0.25) is 0 Å². The van der Waals surface area contributed by atoms with Gasteiger partial charge in [0.15, 0.2) is 0 Å². The Morgan fingerprint density at radius 2 is 2.26 bits per heavy atom. The van der Waals surface area contributed by atoms with Crippen molar-refractivity contribution in [2.45, 2.75) is 44.7 Å². The van der Waals surface area contributed by atoms with Gasteiger partial charge >= 0.3 is 0 Å². The van der Waals surface area contributed by atoms with Gasteiger partial charge in [-0.15, -0.1) is 23.1 Å². The summed E-state index contributed by atoms with van der Waals surface area (Å²) >= 11 is 3.00. The van der Waals surface area contributed by atoms with Crippen LogP contribution in [0, 0.1) is 13.8 Å². The molecule has 0 aromatic carbocycles. The topological polar surface area (TPSA) is 92.7 Å². The van der Waals surface area contributed by atoms with Crippen molar-refractivity contribution in [1.82, 2.24) is 24.8 Å². The molecule has 0 spiro atoms. The first kappa shape index (κ1) is 19.6. The number of rotatable bonds is 8. The molecular formula is C18H23N5O2S2. The van der Waals surface area contributed by atoms with Gasteiger partial charge in [0.05, 0.1) is 22.7 Å². The normalized spacial score (nSPS) is 12.4. The molecule has 3 heterocycles. The van der Waals surface area contributed by atoms with E-state index in [-0.39, 0.29) is 16.7 Å². The number of hydrogen-bond donors (Lipinski definition) is 2.